The highest BCUT2D eigenvalue weighted by molar-refractivity contribution is 5.69. The van der Waals surface area contributed by atoms with Crippen LogP contribution in [0.25, 0.3) is 0 Å². The molecule has 0 aromatic carbocycles. The number of hydrogen-bond acceptors (Lipinski definition) is 1. The standard InChI is InChI=1S/C17H29N.C2H6/c1-13(2)16(5,6)17(7,8)14-9-10-15(3,4)12-18-11-14;1-2/h9-13H,1-8H3;1-2H3. The zero-order valence-corrected chi connectivity index (χ0v) is 15.3. The van der Waals surface area contributed by atoms with Gasteiger partial charge in [0, 0.05) is 17.8 Å². The third-order valence-electron chi connectivity index (χ3n) is 5.09. The number of allylic oxidation sites excluding steroid dienone is 3. The van der Waals surface area contributed by atoms with Gasteiger partial charge in [-0.05, 0) is 22.3 Å². The molecule has 0 unspecified atom stereocenters. The van der Waals surface area contributed by atoms with Gasteiger partial charge in [-0.3, -0.25) is 4.99 Å². The minimum atomic E-state index is 0.0519. The Labute approximate surface area is 127 Å². The molecule has 0 fully saturated rings. The number of hydrogen-bond donors (Lipinski definition) is 0. The first-order valence-electron chi connectivity index (χ1n) is 7.95. The second-order valence-corrected chi connectivity index (χ2v) is 7.52. The molecule has 0 radical (unpaired) electrons. The van der Waals surface area contributed by atoms with E-state index in [4.69, 9.17) is 0 Å². The fourth-order valence-electron chi connectivity index (χ4n) is 2.16. The summed E-state index contributed by atoms with van der Waals surface area (Å²) in [5, 5.41) is 0. The van der Waals surface area contributed by atoms with Crippen LogP contribution in [-0.2, 0) is 0 Å². The molecular weight excluding hydrogens is 242 g/mol. The third-order valence-corrected chi connectivity index (χ3v) is 5.09. The van der Waals surface area contributed by atoms with E-state index in [1.807, 2.05) is 26.3 Å². The van der Waals surface area contributed by atoms with Crippen molar-refractivity contribution in [2.75, 3.05) is 0 Å². The van der Waals surface area contributed by atoms with E-state index in [1.54, 1.807) is 0 Å². The van der Waals surface area contributed by atoms with E-state index in [2.05, 4.69) is 72.5 Å². The van der Waals surface area contributed by atoms with Gasteiger partial charge in [-0.2, -0.15) is 0 Å². The van der Waals surface area contributed by atoms with Crippen molar-refractivity contribution in [3.8, 4) is 0 Å². The number of aliphatic imine (C=N–C) groups is 1. The van der Waals surface area contributed by atoms with Gasteiger partial charge in [-0.1, -0.05) is 81.4 Å². The van der Waals surface area contributed by atoms with E-state index in [0.717, 1.165) is 0 Å². The summed E-state index contributed by atoms with van der Waals surface area (Å²) in [5.41, 5.74) is 1.71. The molecule has 1 heterocycles. The third kappa shape index (κ3) is 4.07. The maximum Gasteiger partial charge on any atom is 0.0301 e. The van der Waals surface area contributed by atoms with Crippen LogP contribution < -0.4 is 0 Å². The van der Waals surface area contributed by atoms with Crippen molar-refractivity contribution in [2.45, 2.75) is 69.2 Å². The zero-order valence-electron chi connectivity index (χ0n) is 15.3. The lowest BCUT2D eigenvalue weighted by molar-refractivity contribution is 0.0923. The Kier molecular flexibility index (Phi) is 6.45. The maximum atomic E-state index is 4.49. The lowest BCUT2D eigenvalue weighted by Crippen LogP contribution is -2.38. The first-order chi connectivity index (χ1) is 9.01. The van der Waals surface area contributed by atoms with Crippen molar-refractivity contribution in [2.24, 2.45) is 27.2 Å². The monoisotopic (exact) mass is 277 g/mol. The highest BCUT2D eigenvalue weighted by Gasteiger charge is 2.41. The molecule has 116 valence electrons. The molecule has 0 aromatic rings. The molecule has 0 aliphatic carbocycles. The average molecular weight is 277 g/mol. The summed E-state index contributed by atoms with van der Waals surface area (Å²) < 4.78 is 0. The summed E-state index contributed by atoms with van der Waals surface area (Å²) in [6.07, 6.45) is 8.58. The normalized spacial score (nSPS) is 18.2. The van der Waals surface area contributed by atoms with Gasteiger partial charge >= 0.3 is 0 Å². The van der Waals surface area contributed by atoms with Gasteiger partial charge in [-0.25, -0.2) is 0 Å². The van der Waals surface area contributed by atoms with E-state index in [9.17, 15) is 0 Å². The van der Waals surface area contributed by atoms with Gasteiger partial charge in [0.1, 0.15) is 0 Å². The first kappa shape index (κ1) is 19.1. The van der Waals surface area contributed by atoms with Gasteiger partial charge in [-0.15, -0.1) is 0 Å². The van der Waals surface area contributed by atoms with Crippen LogP contribution in [0.4, 0.5) is 0 Å². The van der Waals surface area contributed by atoms with Crippen LogP contribution >= 0.6 is 0 Å². The van der Waals surface area contributed by atoms with E-state index in [-0.39, 0.29) is 16.2 Å². The Balaban J connectivity index is 0.00000172. The Morgan fingerprint density at radius 1 is 1.05 bits per heavy atom. The zero-order chi connectivity index (χ0) is 16.2. The van der Waals surface area contributed by atoms with Crippen LogP contribution in [-0.4, -0.2) is 6.21 Å². The smallest absolute Gasteiger partial charge is 0.0301 e. The summed E-state index contributed by atoms with van der Waals surface area (Å²) >= 11 is 0. The molecule has 0 bridgehead atoms. The molecule has 20 heavy (non-hydrogen) atoms. The molecule has 1 heteroatoms. The summed E-state index contributed by atoms with van der Waals surface area (Å²) in [5.74, 6) is 0.627. The molecule has 0 aromatic heterocycles. The molecule has 0 saturated heterocycles. The second kappa shape index (κ2) is 6.74. The van der Waals surface area contributed by atoms with Crippen LogP contribution in [0.3, 0.4) is 0 Å². The Hall–Kier alpha value is -0.850. The van der Waals surface area contributed by atoms with Gasteiger partial charge in [0.15, 0.2) is 0 Å². The Morgan fingerprint density at radius 3 is 2.00 bits per heavy atom. The van der Waals surface area contributed by atoms with Crippen LogP contribution in [0.2, 0.25) is 0 Å². The van der Waals surface area contributed by atoms with Crippen molar-refractivity contribution < 1.29 is 0 Å². The molecule has 0 spiro atoms. The van der Waals surface area contributed by atoms with Crippen LogP contribution in [0, 0.1) is 22.2 Å². The first-order valence-corrected chi connectivity index (χ1v) is 7.95. The van der Waals surface area contributed by atoms with Crippen molar-refractivity contribution in [1.29, 1.82) is 0 Å². The highest BCUT2D eigenvalue weighted by atomic mass is 14.7. The van der Waals surface area contributed by atoms with Crippen molar-refractivity contribution in [3.05, 3.63) is 23.9 Å². The van der Waals surface area contributed by atoms with Crippen LogP contribution in [0.1, 0.15) is 69.2 Å². The molecule has 1 nitrogen and oxygen atoms in total. The van der Waals surface area contributed by atoms with Gasteiger partial charge in [0.05, 0.1) is 0 Å². The Morgan fingerprint density at radius 2 is 1.55 bits per heavy atom. The molecule has 0 saturated carbocycles. The lowest BCUT2D eigenvalue weighted by Gasteiger charge is -2.45. The molecule has 1 aliphatic heterocycles. The lowest BCUT2D eigenvalue weighted by atomic mass is 9.59. The highest BCUT2D eigenvalue weighted by Crippen LogP contribution is 2.49. The molecule has 0 amide bonds. The summed E-state index contributed by atoms with van der Waals surface area (Å²) in [6.45, 7) is 22.3. The SMILES string of the molecule is CC.CC(C)C(C)(C)C(C)(C)C1=CN=CC(C)(C)C=C1. The fraction of sp³-hybridized carbons (Fsp3) is 0.737. The summed E-state index contributed by atoms with van der Waals surface area (Å²) in [6, 6.07) is 0. The molecular formula is C19H35N. The quantitative estimate of drug-likeness (QED) is 0.576. The predicted molar refractivity (Wildman–Crippen MR) is 93.2 cm³/mol. The van der Waals surface area contributed by atoms with E-state index < -0.39 is 0 Å². The van der Waals surface area contributed by atoms with Crippen LogP contribution in [0.15, 0.2) is 28.9 Å². The minimum Gasteiger partial charge on any atom is -0.268 e. The molecule has 0 atom stereocenters. The minimum absolute atomic E-state index is 0.0519. The average Bonchev–Trinajstić information content (AvgIpc) is 2.52. The summed E-state index contributed by atoms with van der Waals surface area (Å²) in [4.78, 5) is 4.49. The van der Waals surface area contributed by atoms with Crippen molar-refractivity contribution in [3.63, 3.8) is 0 Å². The molecule has 1 rings (SSSR count). The van der Waals surface area contributed by atoms with E-state index in [1.165, 1.54) is 5.57 Å². The van der Waals surface area contributed by atoms with Crippen molar-refractivity contribution in [1.82, 2.24) is 0 Å². The topological polar surface area (TPSA) is 12.4 Å². The fourth-order valence-corrected chi connectivity index (χ4v) is 2.16. The summed E-state index contributed by atoms with van der Waals surface area (Å²) in [7, 11) is 0. The van der Waals surface area contributed by atoms with Gasteiger partial charge in [0.2, 0.25) is 0 Å². The second-order valence-electron chi connectivity index (χ2n) is 7.52. The number of nitrogens with zero attached hydrogens (tertiary/aromatic N) is 1. The number of rotatable bonds is 3. The Bertz CT molecular complexity index is 390. The van der Waals surface area contributed by atoms with Crippen molar-refractivity contribution >= 4 is 6.21 Å². The predicted octanol–water partition coefficient (Wildman–Crippen LogP) is 6.27. The van der Waals surface area contributed by atoms with Crippen LogP contribution in [0.5, 0.6) is 0 Å². The largest absolute Gasteiger partial charge is 0.268 e. The van der Waals surface area contributed by atoms with Gasteiger partial charge in [0.25, 0.3) is 0 Å². The van der Waals surface area contributed by atoms with Gasteiger partial charge < -0.3 is 0 Å². The van der Waals surface area contributed by atoms with E-state index in [0.29, 0.717) is 5.92 Å². The molecule has 0 N–H and O–H groups in total. The van der Waals surface area contributed by atoms with E-state index >= 15 is 0 Å². The molecule has 1 aliphatic rings. The maximum absolute atomic E-state index is 4.49.